The lowest BCUT2D eigenvalue weighted by molar-refractivity contribution is 0.260. The fourth-order valence-corrected chi connectivity index (χ4v) is 2.40. The van der Waals surface area contributed by atoms with Crippen molar-refractivity contribution in [2.75, 3.05) is 13.1 Å². The summed E-state index contributed by atoms with van der Waals surface area (Å²) in [4.78, 5) is 0. The summed E-state index contributed by atoms with van der Waals surface area (Å²) < 4.78 is 31.5. The van der Waals surface area contributed by atoms with Crippen LogP contribution in [-0.2, 0) is 10.3 Å². The van der Waals surface area contributed by atoms with E-state index in [9.17, 15) is 8.42 Å². The first-order valence-electron chi connectivity index (χ1n) is 4.88. The summed E-state index contributed by atoms with van der Waals surface area (Å²) in [5, 5.41) is 3.35. The molecule has 1 rings (SSSR count). The largest absolute Gasteiger partial charge is 0.335 e. The molecule has 1 aliphatic heterocycles. The lowest BCUT2D eigenvalue weighted by atomic mass is 10.1. The molecule has 0 aromatic heterocycles. The zero-order valence-corrected chi connectivity index (χ0v) is 9.42. The maximum atomic E-state index is 10.8. The van der Waals surface area contributed by atoms with Crippen LogP contribution >= 0.6 is 0 Å². The topological polar surface area (TPSA) is 69.6 Å². The van der Waals surface area contributed by atoms with Gasteiger partial charge in [-0.1, -0.05) is 13.8 Å². The van der Waals surface area contributed by atoms with E-state index in [1.807, 2.05) is 0 Å². The van der Waals surface area contributed by atoms with Crippen molar-refractivity contribution in [1.29, 1.82) is 0 Å². The molecule has 84 valence electrons. The molecule has 1 aliphatic rings. The van der Waals surface area contributed by atoms with Crippen LogP contribution < -0.4 is 5.32 Å². The van der Waals surface area contributed by atoms with Gasteiger partial charge in [-0.3, -0.25) is 4.55 Å². The first-order chi connectivity index (χ1) is 6.39. The molecule has 5 nitrogen and oxygen atoms in total. The van der Waals surface area contributed by atoms with Crippen LogP contribution in [0.25, 0.3) is 0 Å². The zero-order chi connectivity index (χ0) is 10.8. The van der Waals surface area contributed by atoms with Crippen molar-refractivity contribution >= 4 is 10.3 Å². The minimum atomic E-state index is -3.97. The lowest BCUT2D eigenvalue weighted by Gasteiger charge is -2.30. The maximum absolute atomic E-state index is 10.8. The fraction of sp³-hybridized carbons (Fsp3) is 1.00. The summed E-state index contributed by atoms with van der Waals surface area (Å²) in [7, 11) is -3.97. The van der Waals surface area contributed by atoms with Crippen molar-refractivity contribution in [3.05, 3.63) is 0 Å². The Morgan fingerprint density at radius 1 is 1.36 bits per heavy atom. The summed E-state index contributed by atoms with van der Waals surface area (Å²) in [5.74, 6) is 0. The molecular formula is C8H18N2O3S. The Balaban J connectivity index is 2.39. The molecule has 0 radical (unpaired) electrons. The van der Waals surface area contributed by atoms with Gasteiger partial charge in [0.25, 0.3) is 0 Å². The SMILES string of the molecule is CC(C)NC1CCN(S(=O)(=O)O)CC1. The van der Waals surface area contributed by atoms with Crippen molar-refractivity contribution in [3.8, 4) is 0 Å². The molecule has 0 atom stereocenters. The number of hydrogen-bond donors (Lipinski definition) is 2. The smallest absolute Gasteiger partial charge is 0.312 e. The predicted molar refractivity (Wildman–Crippen MR) is 54.4 cm³/mol. The van der Waals surface area contributed by atoms with E-state index in [1.165, 1.54) is 0 Å². The van der Waals surface area contributed by atoms with E-state index in [-0.39, 0.29) is 0 Å². The summed E-state index contributed by atoms with van der Waals surface area (Å²) in [6.45, 7) is 4.94. The fourth-order valence-electron chi connectivity index (χ4n) is 1.72. The van der Waals surface area contributed by atoms with Crippen LogP contribution in [0.1, 0.15) is 26.7 Å². The molecule has 1 heterocycles. The highest BCUT2D eigenvalue weighted by atomic mass is 32.2. The Hall–Kier alpha value is -0.170. The molecule has 2 N–H and O–H groups in total. The summed E-state index contributed by atoms with van der Waals surface area (Å²) in [5.41, 5.74) is 0. The first kappa shape index (κ1) is 11.9. The van der Waals surface area contributed by atoms with Crippen molar-refractivity contribution in [2.45, 2.75) is 38.8 Å². The molecule has 0 amide bonds. The molecule has 6 heteroatoms. The minimum Gasteiger partial charge on any atom is -0.312 e. The number of piperidine rings is 1. The number of nitrogens with zero attached hydrogens (tertiary/aromatic N) is 1. The zero-order valence-electron chi connectivity index (χ0n) is 8.60. The van der Waals surface area contributed by atoms with E-state index >= 15 is 0 Å². The summed E-state index contributed by atoms with van der Waals surface area (Å²) in [6, 6.07) is 0.783. The first-order valence-corrected chi connectivity index (χ1v) is 6.28. The summed E-state index contributed by atoms with van der Waals surface area (Å²) >= 11 is 0. The molecule has 0 aromatic carbocycles. The normalized spacial score (nSPS) is 21.7. The van der Waals surface area contributed by atoms with Gasteiger partial charge in [-0.25, -0.2) is 0 Å². The molecular weight excluding hydrogens is 204 g/mol. The van der Waals surface area contributed by atoms with Crippen LogP contribution in [0, 0.1) is 0 Å². The quantitative estimate of drug-likeness (QED) is 0.672. The van der Waals surface area contributed by atoms with Crippen LogP contribution in [0.3, 0.4) is 0 Å². The Morgan fingerprint density at radius 3 is 2.21 bits per heavy atom. The molecule has 14 heavy (non-hydrogen) atoms. The lowest BCUT2D eigenvalue weighted by Crippen LogP contribution is -2.46. The van der Waals surface area contributed by atoms with Gasteiger partial charge in [0.15, 0.2) is 0 Å². The van der Waals surface area contributed by atoms with Crippen LogP contribution in [0.4, 0.5) is 0 Å². The van der Waals surface area contributed by atoms with Crippen molar-refractivity contribution < 1.29 is 13.0 Å². The average molecular weight is 222 g/mol. The number of rotatable bonds is 3. The van der Waals surface area contributed by atoms with Crippen molar-refractivity contribution in [2.24, 2.45) is 0 Å². The molecule has 1 fully saturated rings. The third-order valence-electron chi connectivity index (χ3n) is 2.35. The third kappa shape index (κ3) is 3.53. The van der Waals surface area contributed by atoms with Gasteiger partial charge < -0.3 is 5.32 Å². The highest BCUT2D eigenvalue weighted by Gasteiger charge is 2.26. The molecule has 0 aromatic rings. The van der Waals surface area contributed by atoms with Gasteiger partial charge in [-0.15, -0.1) is 0 Å². The van der Waals surface area contributed by atoms with E-state index in [4.69, 9.17) is 4.55 Å². The Bertz CT molecular complexity index is 268. The van der Waals surface area contributed by atoms with Gasteiger partial charge in [-0.05, 0) is 12.8 Å². The standard InChI is InChI=1S/C8H18N2O3S/c1-7(2)9-8-3-5-10(6-4-8)14(11,12)13/h7-9H,3-6H2,1-2H3,(H,11,12,13). The number of hydrogen-bond acceptors (Lipinski definition) is 3. The minimum absolute atomic E-state index is 0.369. The molecule has 0 aliphatic carbocycles. The van der Waals surface area contributed by atoms with Gasteiger partial charge in [0.05, 0.1) is 0 Å². The Morgan fingerprint density at radius 2 is 1.86 bits per heavy atom. The highest BCUT2D eigenvalue weighted by molar-refractivity contribution is 7.83. The average Bonchev–Trinajstić information content (AvgIpc) is 2.02. The second kappa shape index (κ2) is 4.57. The van der Waals surface area contributed by atoms with Gasteiger partial charge >= 0.3 is 10.3 Å². The van der Waals surface area contributed by atoms with Crippen LogP contribution in [0.5, 0.6) is 0 Å². The molecule has 1 saturated heterocycles. The highest BCUT2D eigenvalue weighted by Crippen LogP contribution is 2.13. The predicted octanol–water partition coefficient (Wildman–Crippen LogP) is 0.252. The monoisotopic (exact) mass is 222 g/mol. The second-order valence-electron chi connectivity index (χ2n) is 3.97. The van der Waals surface area contributed by atoms with E-state index in [1.54, 1.807) is 0 Å². The van der Waals surface area contributed by atoms with Gasteiger partial charge in [-0.2, -0.15) is 12.7 Å². The van der Waals surface area contributed by atoms with Crippen LogP contribution in [-0.4, -0.2) is 42.4 Å². The van der Waals surface area contributed by atoms with Crippen molar-refractivity contribution in [1.82, 2.24) is 9.62 Å². The number of nitrogens with one attached hydrogen (secondary N) is 1. The van der Waals surface area contributed by atoms with Gasteiger partial charge in [0.1, 0.15) is 0 Å². The molecule has 0 spiro atoms. The van der Waals surface area contributed by atoms with E-state index < -0.39 is 10.3 Å². The third-order valence-corrected chi connectivity index (χ3v) is 3.37. The molecule has 0 unspecified atom stereocenters. The molecule has 0 bridgehead atoms. The van der Waals surface area contributed by atoms with Crippen LogP contribution in [0.2, 0.25) is 0 Å². The van der Waals surface area contributed by atoms with Crippen molar-refractivity contribution in [3.63, 3.8) is 0 Å². The molecule has 0 saturated carbocycles. The second-order valence-corrected chi connectivity index (χ2v) is 5.38. The maximum Gasteiger partial charge on any atom is 0.335 e. The van der Waals surface area contributed by atoms with Crippen LogP contribution in [0.15, 0.2) is 0 Å². The summed E-state index contributed by atoms with van der Waals surface area (Å²) in [6.07, 6.45) is 1.52. The van der Waals surface area contributed by atoms with E-state index in [0.29, 0.717) is 25.2 Å². The van der Waals surface area contributed by atoms with E-state index in [0.717, 1.165) is 17.1 Å². The Kier molecular flexibility index (Phi) is 3.88. The van der Waals surface area contributed by atoms with Gasteiger partial charge in [0, 0.05) is 25.2 Å². The van der Waals surface area contributed by atoms with Gasteiger partial charge in [0.2, 0.25) is 0 Å². The van der Waals surface area contributed by atoms with E-state index in [2.05, 4.69) is 19.2 Å². The Labute approximate surface area is 85.4 Å².